The molecule has 1 atom stereocenters. The van der Waals surface area contributed by atoms with Gasteiger partial charge in [-0.15, -0.1) is 0 Å². The van der Waals surface area contributed by atoms with Crippen LogP contribution in [0.2, 0.25) is 0 Å². The molecule has 1 aliphatic carbocycles. The highest BCUT2D eigenvalue weighted by Crippen LogP contribution is 2.59. The van der Waals surface area contributed by atoms with Gasteiger partial charge in [0.15, 0.2) is 0 Å². The lowest BCUT2D eigenvalue weighted by atomic mass is 9.90. The van der Waals surface area contributed by atoms with E-state index in [9.17, 15) is 9.59 Å². The van der Waals surface area contributed by atoms with Crippen LogP contribution >= 0.6 is 0 Å². The topological polar surface area (TPSA) is 88.3 Å². The monoisotopic (exact) mass is 430 g/mol. The molecule has 3 aromatic rings. The van der Waals surface area contributed by atoms with Crippen molar-refractivity contribution in [3.63, 3.8) is 0 Å². The zero-order chi connectivity index (χ0) is 22.1. The van der Waals surface area contributed by atoms with Gasteiger partial charge in [-0.1, -0.05) is 41.6 Å². The third kappa shape index (κ3) is 4.02. The van der Waals surface area contributed by atoms with E-state index in [0.717, 1.165) is 36.2 Å². The summed E-state index contributed by atoms with van der Waals surface area (Å²) in [5, 5.41) is 7.08. The number of hydrogen-bond donors (Lipinski definition) is 1. The lowest BCUT2D eigenvalue weighted by molar-refractivity contribution is -0.123. The van der Waals surface area contributed by atoms with Crippen molar-refractivity contribution in [2.24, 2.45) is 11.3 Å². The molecule has 1 aromatic carbocycles. The van der Waals surface area contributed by atoms with Gasteiger partial charge in [0, 0.05) is 36.3 Å². The molecule has 2 aromatic heterocycles. The van der Waals surface area contributed by atoms with E-state index in [2.05, 4.69) is 15.5 Å². The van der Waals surface area contributed by atoms with Crippen LogP contribution in [-0.4, -0.2) is 39.9 Å². The Morgan fingerprint density at radius 2 is 1.91 bits per heavy atom. The minimum Gasteiger partial charge on any atom is -0.350 e. The molecule has 2 aliphatic rings. The van der Waals surface area contributed by atoms with E-state index in [4.69, 9.17) is 4.52 Å². The molecule has 0 radical (unpaired) electrons. The molecule has 0 bridgehead atoms. The molecule has 7 heteroatoms. The molecule has 2 amide bonds. The van der Waals surface area contributed by atoms with Crippen molar-refractivity contribution < 1.29 is 14.1 Å². The van der Waals surface area contributed by atoms with Gasteiger partial charge >= 0.3 is 0 Å². The third-order valence-electron chi connectivity index (χ3n) is 6.73. The SMILES string of the molecule is Cc1cccc(CNC(=O)[C@@H]2CC23CCN(C(=O)c2cc(-c4ccccc4)no2)CC3)n1. The molecule has 7 nitrogen and oxygen atoms in total. The van der Waals surface area contributed by atoms with Crippen LogP contribution in [0.15, 0.2) is 59.1 Å². The molecule has 1 saturated heterocycles. The van der Waals surface area contributed by atoms with Crippen LogP contribution in [-0.2, 0) is 11.3 Å². The lowest BCUT2D eigenvalue weighted by Gasteiger charge is -2.32. The summed E-state index contributed by atoms with van der Waals surface area (Å²) < 4.78 is 5.33. The molecule has 3 heterocycles. The smallest absolute Gasteiger partial charge is 0.292 e. The number of rotatable bonds is 5. The number of amides is 2. The minimum absolute atomic E-state index is 0.0253. The van der Waals surface area contributed by atoms with E-state index in [0.29, 0.717) is 25.3 Å². The number of carbonyl (C=O) groups is 2. The number of benzene rings is 1. The van der Waals surface area contributed by atoms with Gasteiger partial charge in [0.2, 0.25) is 11.7 Å². The third-order valence-corrected chi connectivity index (χ3v) is 6.73. The molecule has 2 fully saturated rings. The number of nitrogens with one attached hydrogen (secondary N) is 1. The number of piperidine rings is 1. The van der Waals surface area contributed by atoms with Crippen LogP contribution < -0.4 is 5.32 Å². The maximum absolute atomic E-state index is 12.9. The molecule has 164 valence electrons. The van der Waals surface area contributed by atoms with Gasteiger partial charge in [0.25, 0.3) is 5.91 Å². The van der Waals surface area contributed by atoms with Gasteiger partial charge in [-0.25, -0.2) is 0 Å². The van der Waals surface area contributed by atoms with Crippen molar-refractivity contribution >= 4 is 11.8 Å². The minimum atomic E-state index is -0.137. The Balaban J connectivity index is 1.14. The van der Waals surface area contributed by atoms with Crippen molar-refractivity contribution in [1.82, 2.24) is 20.4 Å². The van der Waals surface area contributed by atoms with Crippen molar-refractivity contribution in [3.05, 3.63) is 71.7 Å². The quantitative estimate of drug-likeness (QED) is 0.668. The predicted molar refractivity (Wildman–Crippen MR) is 118 cm³/mol. The van der Waals surface area contributed by atoms with Gasteiger partial charge in [0.1, 0.15) is 5.69 Å². The van der Waals surface area contributed by atoms with Crippen molar-refractivity contribution in [3.8, 4) is 11.3 Å². The molecule has 1 spiro atoms. The number of aryl methyl sites for hydroxylation is 1. The van der Waals surface area contributed by atoms with E-state index in [-0.39, 0.29) is 28.9 Å². The largest absolute Gasteiger partial charge is 0.350 e. The Morgan fingerprint density at radius 1 is 1.12 bits per heavy atom. The van der Waals surface area contributed by atoms with Gasteiger partial charge in [-0.05, 0) is 43.7 Å². The number of nitrogens with zero attached hydrogens (tertiary/aromatic N) is 3. The fourth-order valence-corrected chi connectivity index (χ4v) is 4.70. The molecule has 1 N–H and O–H groups in total. The Labute approximate surface area is 186 Å². The van der Waals surface area contributed by atoms with Crippen LogP contribution in [0.1, 0.15) is 41.2 Å². The molecule has 32 heavy (non-hydrogen) atoms. The van der Waals surface area contributed by atoms with Crippen LogP contribution in [0.25, 0.3) is 11.3 Å². The Hall–Kier alpha value is -3.48. The first-order valence-electron chi connectivity index (χ1n) is 11.1. The van der Waals surface area contributed by atoms with Crippen LogP contribution in [0.5, 0.6) is 0 Å². The maximum Gasteiger partial charge on any atom is 0.292 e. The summed E-state index contributed by atoms with van der Waals surface area (Å²) in [5.74, 6) is 0.243. The number of pyridine rings is 1. The molecular weight excluding hydrogens is 404 g/mol. The van der Waals surface area contributed by atoms with Gasteiger partial charge in [-0.2, -0.15) is 0 Å². The summed E-state index contributed by atoms with van der Waals surface area (Å²) in [4.78, 5) is 31.8. The molecule has 5 rings (SSSR count). The average molecular weight is 431 g/mol. The highest BCUT2D eigenvalue weighted by Gasteiger charge is 2.58. The Morgan fingerprint density at radius 3 is 2.66 bits per heavy atom. The van der Waals surface area contributed by atoms with E-state index in [1.54, 1.807) is 6.07 Å². The van der Waals surface area contributed by atoms with Gasteiger partial charge < -0.3 is 14.7 Å². The molecule has 0 unspecified atom stereocenters. The van der Waals surface area contributed by atoms with Gasteiger partial charge in [0.05, 0.1) is 12.2 Å². The van der Waals surface area contributed by atoms with Crippen molar-refractivity contribution in [1.29, 1.82) is 0 Å². The fourth-order valence-electron chi connectivity index (χ4n) is 4.70. The summed E-state index contributed by atoms with van der Waals surface area (Å²) in [6.45, 7) is 3.65. The van der Waals surface area contributed by atoms with E-state index in [1.165, 1.54) is 0 Å². The first kappa shape index (κ1) is 20.4. The molecule has 1 saturated carbocycles. The highest BCUT2D eigenvalue weighted by atomic mass is 16.5. The van der Waals surface area contributed by atoms with E-state index < -0.39 is 0 Å². The zero-order valence-corrected chi connectivity index (χ0v) is 18.1. The second-order valence-corrected chi connectivity index (χ2v) is 8.84. The van der Waals surface area contributed by atoms with Crippen molar-refractivity contribution in [2.45, 2.75) is 32.7 Å². The Bertz CT molecular complexity index is 1130. The number of carbonyl (C=O) groups excluding carboxylic acids is 2. The summed E-state index contributed by atoms with van der Waals surface area (Å²) in [7, 11) is 0. The van der Waals surface area contributed by atoms with Crippen molar-refractivity contribution in [2.75, 3.05) is 13.1 Å². The normalized spacial score (nSPS) is 19.0. The number of hydrogen-bond acceptors (Lipinski definition) is 5. The second kappa shape index (κ2) is 8.22. The maximum atomic E-state index is 12.9. The van der Waals surface area contributed by atoms with Crippen LogP contribution in [0.4, 0.5) is 0 Å². The summed E-state index contributed by atoms with van der Waals surface area (Å²) in [6.07, 6.45) is 2.56. The Kier molecular flexibility index (Phi) is 5.25. The van der Waals surface area contributed by atoms with E-state index >= 15 is 0 Å². The predicted octanol–water partition coefficient (Wildman–Crippen LogP) is 3.60. The molecular formula is C25H26N4O3. The summed E-state index contributed by atoms with van der Waals surface area (Å²) >= 11 is 0. The number of likely N-dealkylation sites (tertiary alicyclic amines) is 1. The van der Waals surface area contributed by atoms with Crippen LogP contribution in [0, 0.1) is 18.3 Å². The molecule has 1 aliphatic heterocycles. The van der Waals surface area contributed by atoms with Gasteiger partial charge in [-0.3, -0.25) is 14.6 Å². The number of aromatic nitrogens is 2. The average Bonchev–Trinajstić information content (AvgIpc) is 3.28. The fraction of sp³-hybridized carbons (Fsp3) is 0.360. The highest BCUT2D eigenvalue weighted by molar-refractivity contribution is 5.92. The standard InChI is InChI=1S/C25H26N4O3/c1-17-6-5-9-19(27-17)16-26-23(30)20-15-25(20)10-12-29(13-11-25)24(31)22-14-21(28-32-22)18-7-3-2-4-8-18/h2-9,14,20H,10-13,15-16H2,1H3,(H,26,30)/t20-/m0/s1. The first-order chi connectivity index (χ1) is 15.5. The van der Waals surface area contributed by atoms with Crippen LogP contribution in [0.3, 0.4) is 0 Å². The lowest BCUT2D eigenvalue weighted by Crippen LogP contribution is -2.40. The van der Waals surface area contributed by atoms with E-state index in [1.807, 2.05) is 60.4 Å². The first-order valence-corrected chi connectivity index (χ1v) is 11.1. The second-order valence-electron chi connectivity index (χ2n) is 8.84. The summed E-state index contributed by atoms with van der Waals surface area (Å²) in [6, 6.07) is 17.2. The summed E-state index contributed by atoms with van der Waals surface area (Å²) in [5.41, 5.74) is 3.41. The zero-order valence-electron chi connectivity index (χ0n) is 18.1.